The minimum atomic E-state index is -3.15. The predicted molar refractivity (Wildman–Crippen MR) is 59.0 cm³/mol. The second-order valence-electron chi connectivity index (χ2n) is 3.51. The summed E-state index contributed by atoms with van der Waals surface area (Å²) < 4.78 is 29.7. The zero-order valence-electron chi connectivity index (χ0n) is 8.98. The molecule has 0 amide bonds. The highest BCUT2D eigenvalue weighted by Gasteiger charge is 2.22. The molecule has 6 heteroatoms. The lowest BCUT2D eigenvalue weighted by Crippen LogP contribution is -2.38. The van der Waals surface area contributed by atoms with Gasteiger partial charge in [-0.3, -0.25) is 0 Å². The van der Waals surface area contributed by atoms with Gasteiger partial charge in [0.05, 0.1) is 12.4 Å². The fourth-order valence-corrected chi connectivity index (χ4v) is 2.77. The molecule has 1 aliphatic heterocycles. The molecular formula is C9H18N2O3S. The van der Waals surface area contributed by atoms with Crippen LogP contribution in [0.4, 0.5) is 0 Å². The molecule has 0 spiro atoms. The van der Waals surface area contributed by atoms with E-state index in [1.165, 1.54) is 4.31 Å². The molecule has 0 bridgehead atoms. The molecule has 0 fully saturated rings. The Morgan fingerprint density at radius 3 is 2.80 bits per heavy atom. The monoisotopic (exact) mass is 234 g/mol. The molecule has 0 saturated heterocycles. The van der Waals surface area contributed by atoms with Crippen molar-refractivity contribution in [2.45, 2.75) is 6.42 Å². The number of nitrogens with two attached hydrogens (primary N) is 1. The molecule has 0 saturated carbocycles. The zero-order chi connectivity index (χ0) is 11.3. The Labute approximate surface area is 90.9 Å². The van der Waals surface area contributed by atoms with Gasteiger partial charge in [0.1, 0.15) is 0 Å². The third-order valence-electron chi connectivity index (χ3n) is 2.36. The number of nitrogens with zero attached hydrogens (tertiary/aromatic N) is 1. The first-order chi connectivity index (χ1) is 7.10. The standard InChI is InChI=1S/C9H18N2O3S/c1-14-8-9-2-5-11(6-3-9)15(12,13)7-4-10/h2H,3-8,10H2,1H3. The lowest BCUT2D eigenvalue weighted by Gasteiger charge is -2.25. The fourth-order valence-electron chi connectivity index (χ4n) is 1.54. The largest absolute Gasteiger partial charge is 0.380 e. The Bertz CT molecular complexity index is 324. The van der Waals surface area contributed by atoms with Crippen LogP contribution < -0.4 is 5.73 Å². The number of hydrogen-bond acceptors (Lipinski definition) is 4. The van der Waals surface area contributed by atoms with Crippen LogP contribution in [0.2, 0.25) is 0 Å². The summed E-state index contributed by atoms with van der Waals surface area (Å²) in [4.78, 5) is 0. The summed E-state index contributed by atoms with van der Waals surface area (Å²) in [5.74, 6) is 0.0282. The van der Waals surface area contributed by atoms with Crippen molar-refractivity contribution in [3.05, 3.63) is 11.6 Å². The molecule has 0 aromatic heterocycles. The van der Waals surface area contributed by atoms with E-state index in [4.69, 9.17) is 10.5 Å². The maximum atomic E-state index is 11.6. The van der Waals surface area contributed by atoms with Gasteiger partial charge in [-0.25, -0.2) is 8.42 Å². The van der Waals surface area contributed by atoms with Crippen molar-refractivity contribution >= 4 is 10.0 Å². The molecule has 2 N–H and O–H groups in total. The van der Waals surface area contributed by atoms with Gasteiger partial charge in [0.2, 0.25) is 10.0 Å². The average Bonchev–Trinajstić information content (AvgIpc) is 2.19. The highest BCUT2D eigenvalue weighted by atomic mass is 32.2. The minimum Gasteiger partial charge on any atom is -0.380 e. The zero-order valence-corrected chi connectivity index (χ0v) is 9.79. The number of rotatable bonds is 5. The van der Waals surface area contributed by atoms with Crippen LogP contribution in [0.25, 0.3) is 0 Å². The van der Waals surface area contributed by atoms with Gasteiger partial charge in [0.15, 0.2) is 0 Å². The van der Waals surface area contributed by atoms with Crippen molar-refractivity contribution in [2.24, 2.45) is 5.73 Å². The summed E-state index contributed by atoms with van der Waals surface area (Å²) in [5, 5.41) is 0. The van der Waals surface area contributed by atoms with Crippen LogP contribution >= 0.6 is 0 Å². The minimum absolute atomic E-state index is 0.0282. The second kappa shape index (κ2) is 5.60. The van der Waals surface area contributed by atoms with Crippen molar-refractivity contribution in [1.82, 2.24) is 4.31 Å². The Morgan fingerprint density at radius 2 is 2.33 bits per heavy atom. The van der Waals surface area contributed by atoms with Gasteiger partial charge < -0.3 is 10.5 Å². The molecule has 0 atom stereocenters. The van der Waals surface area contributed by atoms with E-state index in [-0.39, 0.29) is 12.3 Å². The molecule has 88 valence electrons. The summed E-state index contributed by atoms with van der Waals surface area (Å²) in [5.41, 5.74) is 6.42. The maximum absolute atomic E-state index is 11.6. The maximum Gasteiger partial charge on any atom is 0.215 e. The fraction of sp³-hybridized carbons (Fsp3) is 0.778. The van der Waals surface area contributed by atoms with E-state index in [1.54, 1.807) is 7.11 Å². The van der Waals surface area contributed by atoms with Crippen molar-refractivity contribution in [2.75, 3.05) is 39.1 Å². The van der Waals surface area contributed by atoms with Crippen LogP contribution in [-0.4, -0.2) is 51.8 Å². The van der Waals surface area contributed by atoms with Gasteiger partial charge in [-0.15, -0.1) is 0 Å². The van der Waals surface area contributed by atoms with E-state index in [9.17, 15) is 8.42 Å². The Balaban J connectivity index is 2.57. The molecule has 5 nitrogen and oxygen atoms in total. The van der Waals surface area contributed by atoms with Gasteiger partial charge in [-0.1, -0.05) is 6.08 Å². The second-order valence-corrected chi connectivity index (χ2v) is 5.60. The smallest absolute Gasteiger partial charge is 0.215 e. The van der Waals surface area contributed by atoms with E-state index < -0.39 is 10.0 Å². The van der Waals surface area contributed by atoms with E-state index in [2.05, 4.69) is 0 Å². The summed E-state index contributed by atoms with van der Waals surface area (Å²) >= 11 is 0. The first kappa shape index (κ1) is 12.6. The first-order valence-electron chi connectivity index (χ1n) is 4.95. The highest BCUT2D eigenvalue weighted by Crippen LogP contribution is 2.14. The molecule has 0 radical (unpaired) electrons. The van der Waals surface area contributed by atoms with Crippen LogP contribution in [0.15, 0.2) is 11.6 Å². The van der Waals surface area contributed by atoms with Crippen molar-refractivity contribution < 1.29 is 13.2 Å². The number of hydrogen-bond donors (Lipinski definition) is 1. The van der Waals surface area contributed by atoms with Gasteiger partial charge in [0.25, 0.3) is 0 Å². The molecule has 15 heavy (non-hydrogen) atoms. The SMILES string of the molecule is COCC1=CCN(S(=O)(=O)CCN)CC1. The van der Waals surface area contributed by atoms with Crippen molar-refractivity contribution in [3.8, 4) is 0 Å². The van der Waals surface area contributed by atoms with Crippen LogP contribution in [0, 0.1) is 0 Å². The number of methoxy groups -OCH3 is 1. The lowest BCUT2D eigenvalue weighted by molar-refractivity contribution is 0.219. The van der Waals surface area contributed by atoms with Crippen molar-refractivity contribution in [1.29, 1.82) is 0 Å². The summed E-state index contributed by atoms with van der Waals surface area (Å²) in [6, 6.07) is 0. The van der Waals surface area contributed by atoms with E-state index >= 15 is 0 Å². The highest BCUT2D eigenvalue weighted by molar-refractivity contribution is 7.89. The Morgan fingerprint density at radius 1 is 1.60 bits per heavy atom. The third kappa shape index (κ3) is 3.57. The van der Waals surface area contributed by atoms with Gasteiger partial charge in [0, 0.05) is 26.7 Å². The normalized spacial score (nSPS) is 18.9. The molecule has 1 aliphatic rings. The molecule has 1 heterocycles. The number of sulfonamides is 1. The van der Waals surface area contributed by atoms with Crippen LogP contribution in [0.3, 0.4) is 0 Å². The summed E-state index contributed by atoms with van der Waals surface area (Å²) in [6.45, 7) is 1.75. The molecule has 0 aliphatic carbocycles. The molecule has 0 aromatic carbocycles. The van der Waals surface area contributed by atoms with Gasteiger partial charge in [-0.2, -0.15) is 4.31 Å². The quantitative estimate of drug-likeness (QED) is 0.654. The molecule has 0 aromatic rings. The Kier molecular flexibility index (Phi) is 4.72. The van der Waals surface area contributed by atoms with Gasteiger partial charge in [-0.05, 0) is 12.0 Å². The van der Waals surface area contributed by atoms with Crippen LogP contribution in [0.5, 0.6) is 0 Å². The van der Waals surface area contributed by atoms with Crippen LogP contribution in [0.1, 0.15) is 6.42 Å². The van der Waals surface area contributed by atoms with E-state index in [0.29, 0.717) is 19.7 Å². The van der Waals surface area contributed by atoms with Crippen molar-refractivity contribution in [3.63, 3.8) is 0 Å². The average molecular weight is 234 g/mol. The third-order valence-corrected chi connectivity index (χ3v) is 4.23. The molecule has 1 rings (SSSR count). The van der Waals surface area contributed by atoms with E-state index in [0.717, 1.165) is 12.0 Å². The van der Waals surface area contributed by atoms with Crippen LogP contribution in [-0.2, 0) is 14.8 Å². The molecular weight excluding hydrogens is 216 g/mol. The summed E-state index contributed by atoms with van der Waals surface area (Å²) in [6.07, 6.45) is 2.67. The predicted octanol–water partition coefficient (Wildman–Crippen LogP) is -0.447. The molecule has 0 unspecified atom stereocenters. The number of ether oxygens (including phenoxy) is 1. The van der Waals surface area contributed by atoms with Gasteiger partial charge >= 0.3 is 0 Å². The first-order valence-corrected chi connectivity index (χ1v) is 6.56. The topological polar surface area (TPSA) is 72.6 Å². The van der Waals surface area contributed by atoms with E-state index in [1.807, 2.05) is 6.08 Å². The Hall–Kier alpha value is -0.430. The lowest BCUT2D eigenvalue weighted by atomic mass is 10.1. The summed E-state index contributed by atoms with van der Waals surface area (Å²) in [7, 11) is -1.51.